The summed E-state index contributed by atoms with van der Waals surface area (Å²) in [6.45, 7) is 9.28. The van der Waals surface area contributed by atoms with Gasteiger partial charge in [0.15, 0.2) is 6.04 Å². The molecule has 0 aliphatic carbocycles. The monoisotopic (exact) mass is 587 g/mol. The lowest BCUT2D eigenvalue weighted by atomic mass is 9.73. The molecule has 3 aromatic rings. The molecule has 0 radical (unpaired) electrons. The Hall–Kier alpha value is -4.41. The Bertz CT molecular complexity index is 1650. The summed E-state index contributed by atoms with van der Waals surface area (Å²) in [4.78, 5) is 47.7. The average molecular weight is 588 g/mol. The van der Waals surface area contributed by atoms with Crippen LogP contribution in [0.4, 0.5) is 14.9 Å². The number of nitrogens with zero attached hydrogens (tertiary/aromatic N) is 5. The van der Waals surface area contributed by atoms with E-state index in [9.17, 15) is 19.5 Å². The molecule has 43 heavy (non-hydrogen) atoms. The highest BCUT2D eigenvalue weighted by molar-refractivity contribution is 6.01. The van der Waals surface area contributed by atoms with Gasteiger partial charge in [0, 0.05) is 60.6 Å². The molecule has 2 aromatic carbocycles. The number of aryl methyl sites for hydroxylation is 1. The van der Waals surface area contributed by atoms with E-state index in [1.54, 1.807) is 17.3 Å². The number of carboxylic acid groups (broad SMARTS) is 1. The first-order valence-corrected chi connectivity index (χ1v) is 14.6. The molecule has 2 amide bonds. The van der Waals surface area contributed by atoms with Crippen LogP contribution in [0.25, 0.3) is 11.1 Å². The zero-order chi connectivity index (χ0) is 30.3. The molecule has 1 aromatic heterocycles. The van der Waals surface area contributed by atoms with Gasteiger partial charge in [0.2, 0.25) is 0 Å². The highest BCUT2D eigenvalue weighted by Crippen LogP contribution is 2.43. The molecule has 11 heteroatoms. The number of fused-ring (bicyclic) bond motifs is 2. The number of aromatic nitrogens is 2. The molecule has 1 spiro atoms. The van der Waals surface area contributed by atoms with Gasteiger partial charge in [-0.25, -0.2) is 19.0 Å². The SMILES string of the molecule is CC(C)(C)OC(=O)N1CC2(C1)CN(c1ccc(-c3cc(F)c4c(c3)C(=O)N(C(C(=O)O)c3ncn5c3CCC5)C4)cc1)C2. The number of carbonyl (C=O) groups is 3. The van der Waals surface area contributed by atoms with E-state index in [0.717, 1.165) is 43.0 Å². The van der Waals surface area contributed by atoms with Crippen molar-refractivity contribution >= 4 is 23.7 Å². The number of rotatable bonds is 5. The van der Waals surface area contributed by atoms with Crippen LogP contribution in [-0.2, 0) is 29.0 Å². The van der Waals surface area contributed by atoms with E-state index in [1.807, 2.05) is 49.6 Å². The van der Waals surface area contributed by atoms with E-state index in [1.165, 1.54) is 11.0 Å². The van der Waals surface area contributed by atoms with Gasteiger partial charge in [0.05, 0.1) is 18.6 Å². The van der Waals surface area contributed by atoms with Gasteiger partial charge < -0.3 is 29.1 Å². The number of halogens is 1. The number of imidazole rings is 1. The summed E-state index contributed by atoms with van der Waals surface area (Å²) < 4.78 is 22.8. The third-order valence-corrected chi connectivity index (χ3v) is 8.93. The van der Waals surface area contributed by atoms with Crippen molar-refractivity contribution in [2.24, 2.45) is 5.41 Å². The zero-order valence-electron chi connectivity index (χ0n) is 24.5. The van der Waals surface area contributed by atoms with Crippen LogP contribution in [0, 0.1) is 11.2 Å². The van der Waals surface area contributed by atoms with Crippen LogP contribution >= 0.6 is 0 Å². The fourth-order valence-corrected chi connectivity index (χ4v) is 6.92. The van der Waals surface area contributed by atoms with Gasteiger partial charge in [0.1, 0.15) is 11.4 Å². The van der Waals surface area contributed by atoms with Gasteiger partial charge >= 0.3 is 12.1 Å². The molecule has 0 saturated carbocycles. The number of benzene rings is 2. The topological polar surface area (TPSA) is 108 Å². The summed E-state index contributed by atoms with van der Waals surface area (Å²) in [5, 5.41) is 10.1. The van der Waals surface area contributed by atoms with E-state index in [4.69, 9.17) is 4.74 Å². The minimum atomic E-state index is -1.27. The van der Waals surface area contributed by atoms with E-state index in [0.29, 0.717) is 30.8 Å². The second-order valence-electron chi connectivity index (χ2n) is 13.3. The highest BCUT2D eigenvalue weighted by Gasteiger charge is 2.54. The first-order chi connectivity index (χ1) is 20.4. The minimum Gasteiger partial charge on any atom is -0.479 e. The van der Waals surface area contributed by atoms with Crippen molar-refractivity contribution in [1.82, 2.24) is 19.4 Å². The molecular weight excluding hydrogens is 553 g/mol. The summed E-state index contributed by atoms with van der Waals surface area (Å²) >= 11 is 0. The maximum Gasteiger partial charge on any atom is 0.410 e. The van der Waals surface area contributed by atoms with Crippen LogP contribution in [0.5, 0.6) is 0 Å². The average Bonchev–Trinajstić information content (AvgIpc) is 3.59. The number of anilines is 1. The highest BCUT2D eigenvalue weighted by atomic mass is 19.1. The third kappa shape index (κ3) is 4.61. The Morgan fingerprint density at radius 3 is 2.47 bits per heavy atom. The molecule has 4 aliphatic heterocycles. The van der Waals surface area contributed by atoms with E-state index >= 15 is 4.39 Å². The molecule has 1 N–H and O–H groups in total. The molecular formula is C32H34FN5O5. The molecule has 2 fully saturated rings. The van der Waals surface area contributed by atoms with Gasteiger partial charge in [-0.15, -0.1) is 0 Å². The summed E-state index contributed by atoms with van der Waals surface area (Å²) in [5.41, 5.74) is 3.50. The second-order valence-corrected chi connectivity index (χ2v) is 13.3. The lowest BCUT2D eigenvalue weighted by Crippen LogP contribution is -2.73. The third-order valence-electron chi connectivity index (χ3n) is 8.93. The van der Waals surface area contributed by atoms with Crippen LogP contribution in [-0.4, -0.2) is 74.2 Å². The fourth-order valence-electron chi connectivity index (χ4n) is 6.92. The number of hydrogen-bond donors (Lipinski definition) is 1. The number of carboxylic acids is 1. The van der Waals surface area contributed by atoms with Crippen molar-refractivity contribution in [1.29, 1.82) is 0 Å². The molecule has 2 saturated heterocycles. The quantitative estimate of drug-likeness (QED) is 0.469. The van der Waals surface area contributed by atoms with Crippen LogP contribution in [0.2, 0.25) is 0 Å². The lowest BCUT2D eigenvalue weighted by molar-refractivity contribution is -0.142. The van der Waals surface area contributed by atoms with Crippen molar-refractivity contribution < 1.29 is 28.6 Å². The Kier molecular flexibility index (Phi) is 6.09. The number of carbonyl (C=O) groups excluding carboxylic acids is 2. The number of amides is 2. The van der Waals surface area contributed by atoms with Gasteiger partial charge in [-0.1, -0.05) is 12.1 Å². The smallest absolute Gasteiger partial charge is 0.410 e. The van der Waals surface area contributed by atoms with Gasteiger partial charge in [-0.05, 0) is 69.0 Å². The maximum absolute atomic E-state index is 15.4. The van der Waals surface area contributed by atoms with Crippen LogP contribution in [0.15, 0.2) is 42.7 Å². The molecule has 5 heterocycles. The Balaban J connectivity index is 1.04. The Morgan fingerprint density at radius 2 is 1.79 bits per heavy atom. The predicted octanol–water partition coefficient (Wildman–Crippen LogP) is 4.47. The zero-order valence-corrected chi connectivity index (χ0v) is 24.5. The molecule has 10 nitrogen and oxygen atoms in total. The second kappa shape index (κ2) is 9.55. The predicted molar refractivity (Wildman–Crippen MR) is 155 cm³/mol. The van der Waals surface area contributed by atoms with Crippen LogP contribution in [0.3, 0.4) is 0 Å². The number of hydrogen-bond acceptors (Lipinski definition) is 6. The first-order valence-electron chi connectivity index (χ1n) is 14.6. The molecule has 1 atom stereocenters. The van der Waals surface area contributed by atoms with Crippen molar-refractivity contribution in [2.45, 2.75) is 58.3 Å². The normalized spacial score (nSPS) is 19.2. The molecule has 7 rings (SSSR count). The minimum absolute atomic E-state index is 0.0926. The van der Waals surface area contributed by atoms with Gasteiger partial charge in [0.25, 0.3) is 5.91 Å². The summed E-state index contributed by atoms with van der Waals surface area (Å²) in [6.07, 6.45) is 2.95. The largest absolute Gasteiger partial charge is 0.479 e. The number of aliphatic carboxylic acids is 1. The first kappa shape index (κ1) is 27.4. The van der Waals surface area contributed by atoms with E-state index in [-0.39, 0.29) is 29.2 Å². The lowest BCUT2D eigenvalue weighted by Gasteiger charge is -2.60. The van der Waals surface area contributed by atoms with Gasteiger partial charge in [-0.3, -0.25) is 4.79 Å². The van der Waals surface area contributed by atoms with Crippen molar-refractivity contribution in [2.75, 3.05) is 31.1 Å². The number of likely N-dealkylation sites (tertiary alicyclic amines) is 1. The molecule has 224 valence electrons. The fraction of sp³-hybridized carbons (Fsp3) is 0.438. The standard InChI is InChI=1S/C32H34FN5O5/c1-31(2,3)43-30(42)37-16-32(17-37)14-36(15-32)21-8-6-19(7-9-21)20-11-22-23(24(33)12-20)13-38(28(22)39)27(29(40)41)26-25-5-4-10-35(25)18-34-26/h6-9,11-12,18,27H,4-5,10,13-17H2,1-3H3,(H,40,41). The molecule has 0 bridgehead atoms. The van der Waals surface area contributed by atoms with Crippen molar-refractivity contribution in [3.8, 4) is 11.1 Å². The summed E-state index contributed by atoms with van der Waals surface area (Å²) in [6, 6.07) is 9.55. The van der Waals surface area contributed by atoms with Crippen molar-refractivity contribution in [3.63, 3.8) is 0 Å². The molecule has 4 aliphatic rings. The van der Waals surface area contributed by atoms with Crippen molar-refractivity contribution in [3.05, 3.63) is 71.1 Å². The molecule has 1 unspecified atom stereocenters. The summed E-state index contributed by atoms with van der Waals surface area (Å²) in [7, 11) is 0. The van der Waals surface area contributed by atoms with Crippen LogP contribution in [0.1, 0.15) is 60.5 Å². The maximum atomic E-state index is 15.4. The van der Waals surface area contributed by atoms with Gasteiger partial charge in [-0.2, -0.15) is 0 Å². The Morgan fingerprint density at radius 1 is 1.07 bits per heavy atom. The number of ether oxygens (including phenoxy) is 1. The van der Waals surface area contributed by atoms with E-state index < -0.39 is 29.3 Å². The van der Waals surface area contributed by atoms with Crippen LogP contribution < -0.4 is 4.90 Å². The van der Waals surface area contributed by atoms with E-state index in [2.05, 4.69) is 9.88 Å². The summed E-state index contributed by atoms with van der Waals surface area (Å²) in [5.74, 6) is -2.22. The Labute approximate surface area is 248 Å².